The van der Waals surface area contributed by atoms with Gasteiger partial charge in [0, 0.05) is 12.5 Å². The Morgan fingerprint density at radius 3 is 1.94 bits per heavy atom. The summed E-state index contributed by atoms with van der Waals surface area (Å²) in [5.74, 6) is 0.224. The number of hydrogen-bond donors (Lipinski definition) is 2. The van der Waals surface area contributed by atoms with Crippen molar-refractivity contribution >= 4 is 11.7 Å². The van der Waals surface area contributed by atoms with Crippen LogP contribution < -0.4 is 10.6 Å². The van der Waals surface area contributed by atoms with Gasteiger partial charge in [0.2, 0.25) is 0 Å². The van der Waals surface area contributed by atoms with Gasteiger partial charge in [-0.15, -0.1) is 0 Å². The second kappa shape index (κ2) is 9.96. The second-order valence-corrected chi connectivity index (χ2v) is 7.84. The first-order chi connectivity index (χ1) is 15.6. The lowest BCUT2D eigenvalue weighted by atomic mass is 9.88. The zero-order valence-corrected chi connectivity index (χ0v) is 18.5. The molecule has 0 fully saturated rings. The molecule has 2 N–H and O–H groups in total. The maximum Gasteiger partial charge on any atom is 0.319 e. The molecule has 32 heavy (non-hydrogen) atoms. The average molecular weight is 425 g/mol. The Bertz CT molecular complexity index is 1120. The lowest BCUT2D eigenvalue weighted by Gasteiger charge is -2.18. The van der Waals surface area contributed by atoms with E-state index in [0.717, 1.165) is 29.2 Å². The lowest BCUT2D eigenvalue weighted by molar-refractivity contribution is 0.252. The summed E-state index contributed by atoms with van der Waals surface area (Å²) in [5, 5.41) is 10.6. The molecule has 0 saturated heterocycles. The van der Waals surface area contributed by atoms with Crippen LogP contribution in [0.25, 0.3) is 5.69 Å². The molecule has 4 aromatic rings. The van der Waals surface area contributed by atoms with Crippen molar-refractivity contribution in [3.63, 3.8) is 0 Å². The number of aromatic nitrogens is 2. The molecule has 162 valence electrons. The zero-order chi connectivity index (χ0) is 22.3. The molecule has 5 nitrogen and oxygen atoms in total. The monoisotopic (exact) mass is 424 g/mol. The highest BCUT2D eigenvalue weighted by Crippen LogP contribution is 2.27. The third-order valence-electron chi connectivity index (χ3n) is 5.65. The van der Waals surface area contributed by atoms with Gasteiger partial charge >= 0.3 is 6.03 Å². The summed E-state index contributed by atoms with van der Waals surface area (Å²) in [5.41, 5.74) is 5.89. The van der Waals surface area contributed by atoms with Gasteiger partial charge in [0.15, 0.2) is 0 Å². The predicted octanol–water partition coefficient (Wildman–Crippen LogP) is 5.83. The minimum atomic E-state index is -0.219. The Balaban J connectivity index is 1.41. The first-order valence-corrected chi connectivity index (χ1v) is 10.9. The number of nitrogens with one attached hydrogen (secondary N) is 2. The van der Waals surface area contributed by atoms with Crippen molar-refractivity contribution in [2.75, 3.05) is 11.9 Å². The fourth-order valence-electron chi connectivity index (χ4n) is 4.03. The third kappa shape index (κ3) is 4.89. The number of aryl methyl sites for hydroxylation is 1. The van der Waals surface area contributed by atoms with E-state index >= 15 is 0 Å². The normalized spacial score (nSPS) is 10.8. The molecule has 0 saturated carbocycles. The summed E-state index contributed by atoms with van der Waals surface area (Å²) >= 11 is 0. The summed E-state index contributed by atoms with van der Waals surface area (Å²) < 4.78 is 1.85. The molecule has 0 aliphatic heterocycles. The minimum Gasteiger partial charge on any atom is -0.338 e. The van der Waals surface area contributed by atoms with E-state index < -0.39 is 0 Å². The number of carbonyl (C=O) groups excluding carboxylic acids is 1. The summed E-state index contributed by atoms with van der Waals surface area (Å²) in [6.07, 6.45) is 0.808. The number of benzene rings is 3. The van der Waals surface area contributed by atoms with E-state index in [-0.39, 0.29) is 11.9 Å². The molecular formula is C27H28N4O. The van der Waals surface area contributed by atoms with E-state index in [1.54, 1.807) is 0 Å². The molecule has 5 heteroatoms. The topological polar surface area (TPSA) is 59.0 Å². The molecule has 1 aromatic heterocycles. The second-order valence-electron chi connectivity index (χ2n) is 7.84. The van der Waals surface area contributed by atoms with E-state index in [1.165, 1.54) is 11.1 Å². The maximum atomic E-state index is 12.7. The van der Waals surface area contributed by atoms with Gasteiger partial charge < -0.3 is 10.6 Å². The number of para-hydroxylation sites is 1. The molecule has 1 heterocycles. The standard InChI is InChI=1S/C27H28N4O/c1-20-26(21(2)31(30-20)24-16-10-5-11-17-24)29-27(32)28-19-18-25(22-12-6-3-7-13-22)23-14-8-4-9-15-23/h3-17,25H,18-19H2,1-2H3,(H2,28,29,32). The molecule has 0 aliphatic carbocycles. The van der Waals surface area contributed by atoms with E-state index in [2.05, 4.69) is 64.3 Å². The van der Waals surface area contributed by atoms with Gasteiger partial charge in [-0.2, -0.15) is 5.10 Å². The van der Waals surface area contributed by atoms with Crippen LogP contribution in [0.4, 0.5) is 10.5 Å². The van der Waals surface area contributed by atoms with Crippen molar-refractivity contribution in [2.24, 2.45) is 0 Å². The fourth-order valence-corrected chi connectivity index (χ4v) is 4.03. The molecule has 3 aromatic carbocycles. The largest absolute Gasteiger partial charge is 0.338 e. The van der Waals surface area contributed by atoms with Crippen LogP contribution in [0.1, 0.15) is 34.9 Å². The predicted molar refractivity (Wildman–Crippen MR) is 129 cm³/mol. The zero-order valence-electron chi connectivity index (χ0n) is 18.5. The minimum absolute atomic E-state index is 0.219. The number of urea groups is 1. The van der Waals surface area contributed by atoms with Crippen molar-refractivity contribution in [1.82, 2.24) is 15.1 Å². The molecule has 0 aliphatic rings. The van der Waals surface area contributed by atoms with Gasteiger partial charge in [-0.3, -0.25) is 0 Å². The first-order valence-electron chi connectivity index (χ1n) is 10.9. The van der Waals surface area contributed by atoms with Crippen LogP contribution in [-0.4, -0.2) is 22.4 Å². The van der Waals surface area contributed by atoms with Crippen LogP contribution in [0.15, 0.2) is 91.0 Å². The molecule has 0 bridgehead atoms. The van der Waals surface area contributed by atoms with Gasteiger partial charge in [0.25, 0.3) is 0 Å². The Hall–Kier alpha value is -3.86. The van der Waals surface area contributed by atoms with Crippen LogP contribution in [0, 0.1) is 13.8 Å². The molecule has 0 unspecified atom stereocenters. The SMILES string of the molecule is Cc1nn(-c2ccccc2)c(C)c1NC(=O)NCCC(c1ccccc1)c1ccccc1. The Morgan fingerprint density at radius 2 is 1.38 bits per heavy atom. The summed E-state index contributed by atoms with van der Waals surface area (Å²) in [6.45, 7) is 4.43. The Morgan fingerprint density at radius 1 is 0.844 bits per heavy atom. The van der Waals surface area contributed by atoms with Crippen LogP contribution >= 0.6 is 0 Å². The van der Waals surface area contributed by atoms with E-state index in [9.17, 15) is 4.79 Å². The highest BCUT2D eigenvalue weighted by Gasteiger charge is 2.17. The summed E-state index contributed by atoms with van der Waals surface area (Å²) in [6, 6.07) is 30.5. The average Bonchev–Trinajstić information content (AvgIpc) is 3.12. The number of carbonyl (C=O) groups is 1. The molecule has 0 atom stereocenters. The van der Waals surface area contributed by atoms with Crippen LogP contribution in [-0.2, 0) is 0 Å². The van der Waals surface area contributed by atoms with Gasteiger partial charge in [0.05, 0.1) is 22.8 Å². The van der Waals surface area contributed by atoms with Gasteiger partial charge in [-0.25, -0.2) is 9.48 Å². The molecule has 0 radical (unpaired) electrons. The Labute approximate surface area is 189 Å². The van der Waals surface area contributed by atoms with Crippen molar-refractivity contribution in [3.05, 3.63) is 114 Å². The highest BCUT2D eigenvalue weighted by atomic mass is 16.2. The van der Waals surface area contributed by atoms with Crippen LogP contribution in [0.2, 0.25) is 0 Å². The molecule has 4 rings (SSSR count). The summed E-state index contributed by atoms with van der Waals surface area (Å²) in [7, 11) is 0. The maximum absolute atomic E-state index is 12.7. The van der Waals surface area contributed by atoms with Crippen LogP contribution in [0.3, 0.4) is 0 Å². The number of nitrogens with zero attached hydrogens (tertiary/aromatic N) is 2. The van der Waals surface area contributed by atoms with Gasteiger partial charge in [-0.1, -0.05) is 78.9 Å². The highest BCUT2D eigenvalue weighted by molar-refractivity contribution is 5.90. The Kier molecular flexibility index (Phi) is 6.66. The first kappa shape index (κ1) is 21.4. The van der Waals surface area contributed by atoms with E-state index in [4.69, 9.17) is 0 Å². The smallest absolute Gasteiger partial charge is 0.319 e. The van der Waals surface area contributed by atoms with Crippen molar-refractivity contribution in [1.29, 1.82) is 0 Å². The van der Waals surface area contributed by atoms with Crippen molar-refractivity contribution < 1.29 is 4.79 Å². The number of hydrogen-bond acceptors (Lipinski definition) is 2. The van der Waals surface area contributed by atoms with Gasteiger partial charge in [-0.05, 0) is 43.5 Å². The lowest BCUT2D eigenvalue weighted by Crippen LogP contribution is -2.30. The van der Waals surface area contributed by atoms with E-state index in [1.807, 2.05) is 61.0 Å². The molecule has 2 amide bonds. The van der Waals surface area contributed by atoms with Gasteiger partial charge in [0.1, 0.15) is 0 Å². The molecule has 0 spiro atoms. The number of anilines is 1. The number of rotatable bonds is 7. The van der Waals surface area contributed by atoms with Crippen molar-refractivity contribution in [2.45, 2.75) is 26.2 Å². The van der Waals surface area contributed by atoms with Crippen molar-refractivity contribution in [3.8, 4) is 5.69 Å². The van der Waals surface area contributed by atoms with Crippen LogP contribution in [0.5, 0.6) is 0 Å². The number of amides is 2. The molecular weight excluding hydrogens is 396 g/mol. The third-order valence-corrected chi connectivity index (χ3v) is 5.65. The summed E-state index contributed by atoms with van der Waals surface area (Å²) in [4.78, 5) is 12.7. The van der Waals surface area contributed by atoms with E-state index in [0.29, 0.717) is 6.54 Å². The fraction of sp³-hybridized carbons (Fsp3) is 0.185. The quantitative estimate of drug-likeness (QED) is 0.392.